The van der Waals surface area contributed by atoms with Gasteiger partial charge in [-0.1, -0.05) is 18.2 Å². The van der Waals surface area contributed by atoms with Crippen LogP contribution < -0.4 is 15.5 Å². The van der Waals surface area contributed by atoms with Gasteiger partial charge in [-0.25, -0.2) is 4.68 Å². The summed E-state index contributed by atoms with van der Waals surface area (Å²) < 4.78 is 7.37. The number of para-hydroxylation sites is 1. The van der Waals surface area contributed by atoms with Crippen LogP contribution in [-0.4, -0.2) is 46.9 Å². The van der Waals surface area contributed by atoms with E-state index in [2.05, 4.69) is 25.6 Å². The maximum Gasteiger partial charge on any atom is 0.276 e. The molecule has 0 spiro atoms. The number of rotatable bonds is 4. The number of hydrogen-bond acceptors (Lipinski definition) is 6. The van der Waals surface area contributed by atoms with Crippen molar-refractivity contribution in [3.8, 4) is 5.88 Å². The van der Waals surface area contributed by atoms with Gasteiger partial charge in [0.15, 0.2) is 5.69 Å². The first kappa shape index (κ1) is 17.4. The minimum Gasteiger partial charge on any atom is -0.438 e. The van der Waals surface area contributed by atoms with Gasteiger partial charge in [0.05, 0.1) is 17.6 Å². The molecule has 146 valence electrons. The number of benzene rings is 1. The molecule has 1 amide bonds. The lowest BCUT2D eigenvalue weighted by molar-refractivity contribution is 0.102. The van der Waals surface area contributed by atoms with Gasteiger partial charge in [-0.05, 0) is 18.2 Å². The average molecular weight is 388 g/mol. The van der Waals surface area contributed by atoms with Gasteiger partial charge < -0.3 is 20.0 Å². The second kappa shape index (κ2) is 7.40. The predicted molar refractivity (Wildman–Crippen MR) is 111 cm³/mol. The standard InChI is InChI=1S/C21H20N6O2/c28-21(24-17-14-23-7-5-18(17)26-11-8-22-9-12-26)16-6-10-27(25-16)20-13-15-3-1-2-4-19(15)29-20/h1-7,10,13-14,22H,8-9,11-12H2,(H,24,28). The van der Waals surface area contributed by atoms with Crippen molar-refractivity contribution in [3.63, 3.8) is 0 Å². The molecule has 1 saturated heterocycles. The van der Waals surface area contributed by atoms with Crippen molar-refractivity contribution >= 4 is 28.3 Å². The summed E-state index contributed by atoms with van der Waals surface area (Å²) in [6.07, 6.45) is 5.13. The summed E-state index contributed by atoms with van der Waals surface area (Å²) in [6.45, 7) is 3.59. The summed E-state index contributed by atoms with van der Waals surface area (Å²) in [5.74, 6) is 0.275. The quantitative estimate of drug-likeness (QED) is 0.559. The number of aromatic nitrogens is 3. The Balaban J connectivity index is 1.37. The Labute approximate surface area is 167 Å². The summed E-state index contributed by atoms with van der Waals surface area (Å²) in [5.41, 5.74) is 2.73. The fraction of sp³-hybridized carbons (Fsp3) is 0.190. The van der Waals surface area contributed by atoms with Gasteiger partial charge in [0.2, 0.25) is 5.88 Å². The van der Waals surface area contributed by atoms with Gasteiger partial charge >= 0.3 is 0 Å². The molecule has 1 aliphatic rings. The fourth-order valence-corrected chi connectivity index (χ4v) is 3.50. The highest BCUT2D eigenvalue weighted by Crippen LogP contribution is 2.26. The zero-order chi connectivity index (χ0) is 19.6. The molecule has 8 nitrogen and oxygen atoms in total. The third kappa shape index (κ3) is 3.45. The SMILES string of the molecule is O=C(Nc1cnccc1N1CCNCC1)c1ccn(-c2cc3ccccc3o2)n1. The molecule has 2 N–H and O–H groups in total. The molecule has 5 rings (SSSR count). The number of carbonyl (C=O) groups excluding carboxylic acids is 1. The van der Waals surface area contributed by atoms with Crippen molar-refractivity contribution in [3.05, 3.63) is 66.7 Å². The number of furan rings is 1. The first-order valence-corrected chi connectivity index (χ1v) is 9.53. The van der Waals surface area contributed by atoms with E-state index in [0.29, 0.717) is 17.3 Å². The van der Waals surface area contributed by atoms with Crippen LogP contribution in [0.2, 0.25) is 0 Å². The predicted octanol–water partition coefficient (Wildman–Crippen LogP) is 2.68. The number of carbonyl (C=O) groups is 1. The largest absolute Gasteiger partial charge is 0.438 e. The highest BCUT2D eigenvalue weighted by atomic mass is 16.4. The topological polar surface area (TPSA) is 88.2 Å². The van der Waals surface area contributed by atoms with Gasteiger partial charge in [0.1, 0.15) is 5.58 Å². The Bertz CT molecular complexity index is 1130. The van der Waals surface area contributed by atoms with Crippen molar-refractivity contribution in [2.75, 3.05) is 36.4 Å². The maximum absolute atomic E-state index is 12.8. The number of fused-ring (bicyclic) bond motifs is 1. The molecule has 0 bridgehead atoms. The number of piperazine rings is 1. The van der Waals surface area contributed by atoms with Crippen molar-refractivity contribution in [1.82, 2.24) is 20.1 Å². The average Bonchev–Trinajstić information content (AvgIpc) is 3.42. The Morgan fingerprint density at radius 1 is 1.14 bits per heavy atom. The number of anilines is 2. The molecule has 29 heavy (non-hydrogen) atoms. The van der Waals surface area contributed by atoms with E-state index in [4.69, 9.17) is 4.42 Å². The molecule has 0 radical (unpaired) electrons. The van der Waals surface area contributed by atoms with E-state index in [1.54, 1.807) is 29.3 Å². The van der Waals surface area contributed by atoms with Gasteiger partial charge in [0.25, 0.3) is 5.91 Å². The van der Waals surface area contributed by atoms with E-state index in [1.165, 1.54) is 0 Å². The van der Waals surface area contributed by atoms with Crippen molar-refractivity contribution < 1.29 is 9.21 Å². The molecule has 4 aromatic rings. The van der Waals surface area contributed by atoms with Gasteiger partial charge in [-0.3, -0.25) is 9.78 Å². The minimum absolute atomic E-state index is 0.288. The first-order valence-electron chi connectivity index (χ1n) is 9.53. The lowest BCUT2D eigenvalue weighted by Gasteiger charge is -2.30. The Kier molecular flexibility index (Phi) is 4.45. The minimum atomic E-state index is -0.288. The van der Waals surface area contributed by atoms with Gasteiger partial charge in [-0.15, -0.1) is 0 Å². The molecule has 1 aromatic carbocycles. The lowest BCUT2D eigenvalue weighted by atomic mass is 10.2. The highest BCUT2D eigenvalue weighted by Gasteiger charge is 2.18. The van der Waals surface area contributed by atoms with Crippen LogP contribution >= 0.6 is 0 Å². The van der Waals surface area contributed by atoms with Crippen LogP contribution in [0.25, 0.3) is 16.9 Å². The number of nitrogens with zero attached hydrogens (tertiary/aromatic N) is 4. The van der Waals surface area contributed by atoms with Crippen LogP contribution in [0, 0.1) is 0 Å². The van der Waals surface area contributed by atoms with Gasteiger partial charge in [-0.2, -0.15) is 5.10 Å². The highest BCUT2D eigenvalue weighted by molar-refractivity contribution is 6.04. The summed E-state index contributed by atoms with van der Waals surface area (Å²) >= 11 is 0. The Morgan fingerprint density at radius 2 is 2.00 bits per heavy atom. The molecular weight excluding hydrogens is 368 g/mol. The van der Waals surface area contributed by atoms with E-state index in [0.717, 1.165) is 42.8 Å². The summed E-state index contributed by atoms with van der Waals surface area (Å²) in [7, 11) is 0. The van der Waals surface area contributed by atoms with Crippen LogP contribution in [0.1, 0.15) is 10.5 Å². The first-order chi connectivity index (χ1) is 14.3. The number of nitrogens with one attached hydrogen (secondary N) is 2. The third-order valence-electron chi connectivity index (χ3n) is 4.96. The summed E-state index contributed by atoms with van der Waals surface area (Å²) in [5, 5.41) is 11.6. The van der Waals surface area contributed by atoms with Gasteiger partial charge in [0, 0.05) is 50.0 Å². The van der Waals surface area contributed by atoms with Crippen LogP contribution in [0.15, 0.2) is 65.5 Å². The molecule has 4 heterocycles. The number of hydrogen-bond donors (Lipinski definition) is 2. The summed E-state index contributed by atoms with van der Waals surface area (Å²) in [4.78, 5) is 19.2. The van der Waals surface area contributed by atoms with E-state index in [9.17, 15) is 4.79 Å². The number of amides is 1. The maximum atomic E-state index is 12.8. The fourth-order valence-electron chi connectivity index (χ4n) is 3.50. The smallest absolute Gasteiger partial charge is 0.276 e. The molecule has 1 fully saturated rings. The zero-order valence-electron chi connectivity index (χ0n) is 15.7. The molecule has 0 atom stereocenters. The molecule has 0 unspecified atom stereocenters. The molecule has 3 aromatic heterocycles. The second-order valence-corrected chi connectivity index (χ2v) is 6.85. The van der Waals surface area contributed by atoms with Crippen molar-refractivity contribution in [2.24, 2.45) is 0 Å². The molecular formula is C21H20N6O2. The molecule has 1 aliphatic heterocycles. The third-order valence-corrected chi connectivity index (χ3v) is 4.96. The number of pyridine rings is 1. The van der Waals surface area contributed by atoms with Crippen LogP contribution in [-0.2, 0) is 0 Å². The molecule has 0 saturated carbocycles. The van der Waals surface area contributed by atoms with Crippen LogP contribution in [0.3, 0.4) is 0 Å². The Hall–Kier alpha value is -3.65. The van der Waals surface area contributed by atoms with Crippen molar-refractivity contribution in [1.29, 1.82) is 0 Å². The lowest BCUT2D eigenvalue weighted by Crippen LogP contribution is -2.43. The summed E-state index contributed by atoms with van der Waals surface area (Å²) in [6, 6.07) is 13.2. The van der Waals surface area contributed by atoms with E-state index in [1.807, 2.05) is 36.4 Å². The van der Waals surface area contributed by atoms with Crippen LogP contribution in [0.4, 0.5) is 11.4 Å². The molecule has 0 aliphatic carbocycles. The van der Waals surface area contributed by atoms with E-state index < -0.39 is 0 Å². The second-order valence-electron chi connectivity index (χ2n) is 6.85. The zero-order valence-corrected chi connectivity index (χ0v) is 15.7. The normalized spacial score (nSPS) is 14.3. The van der Waals surface area contributed by atoms with E-state index in [-0.39, 0.29) is 5.91 Å². The van der Waals surface area contributed by atoms with Crippen molar-refractivity contribution in [2.45, 2.75) is 0 Å². The Morgan fingerprint density at radius 3 is 2.86 bits per heavy atom. The van der Waals surface area contributed by atoms with Crippen LogP contribution in [0.5, 0.6) is 0 Å². The monoisotopic (exact) mass is 388 g/mol. The van der Waals surface area contributed by atoms with E-state index >= 15 is 0 Å². The molecule has 8 heteroatoms.